The van der Waals surface area contributed by atoms with Crippen LogP contribution >= 0.6 is 11.8 Å². The number of aliphatic hydroxyl groups excluding tert-OH is 1. The first-order valence-electron chi connectivity index (χ1n) is 9.74. The Morgan fingerprint density at radius 1 is 1.20 bits per heavy atom. The van der Waals surface area contributed by atoms with E-state index in [4.69, 9.17) is 16.9 Å². The maximum Gasteiger partial charge on any atom is 0.416 e. The van der Waals surface area contributed by atoms with E-state index in [1.807, 2.05) is 6.07 Å². The number of pyridine rings is 1. The van der Waals surface area contributed by atoms with E-state index in [0.717, 1.165) is 47.3 Å². The Morgan fingerprint density at radius 3 is 2.53 bits per heavy atom. The monoisotopic (exact) mass is 441 g/mol. The van der Waals surface area contributed by atoms with E-state index >= 15 is 0 Å². The van der Waals surface area contributed by atoms with Crippen molar-refractivity contribution in [1.82, 2.24) is 9.40 Å². The van der Waals surface area contributed by atoms with E-state index in [1.54, 1.807) is 12.3 Å². The van der Waals surface area contributed by atoms with Crippen LogP contribution in [0.5, 0.6) is 0 Å². The topological polar surface area (TPSA) is 65.5 Å². The Labute approximate surface area is 178 Å². The summed E-state index contributed by atoms with van der Waals surface area (Å²) in [5, 5.41) is 12.3. The van der Waals surface area contributed by atoms with E-state index in [1.165, 1.54) is 12.1 Å². The number of halogens is 4. The van der Waals surface area contributed by atoms with E-state index < -0.39 is 17.6 Å². The molecular weight excluding hydrogens is 419 g/mol. The second-order valence-corrected chi connectivity index (χ2v) is 7.82. The van der Waals surface area contributed by atoms with Crippen LogP contribution in [0.4, 0.5) is 19.0 Å². The lowest BCUT2D eigenvalue weighted by atomic mass is 9.86. The van der Waals surface area contributed by atoms with Crippen LogP contribution in [0, 0.1) is 5.92 Å². The third-order valence-corrected chi connectivity index (χ3v) is 5.78. The van der Waals surface area contributed by atoms with Crippen molar-refractivity contribution in [3.05, 3.63) is 59.3 Å². The molecule has 162 valence electrons. The van der Waals surface area contributed by atoms with Gasteiger partial charge in [0.05, 0.1) is 12.2 Å². The molecule has 1 aromatic heterocycles. The smallest absolute Gasteiger partial charge is 0.392 e. The summed E-state index contributed by atoms with van der Waals surface area (Å²) < 4.78 is 39.7. The summed E-state index contributed by atoms with van der Waals surface area (Å²) in [4.78, 5) is 16.8. The summed E-state index contributed by atoms with van der Waals surface area (Å²) in [6.07, 6.45) is 0.140. The maximum absolute atomic E-state index is 12.9. The van der Waals surface area contributed by atoms with Crippen LogP contribution in [0.25, 0.3) is 0 Å². The Balaban J connectivity index is 1.51. The number of hydrogen-bond donors (Lipinski definition) is 2. The van der Waals surface area contributed by atoms with Gasteiger partial charge in [0, 0.05) is 36.1 Å². The van der Waals surface area contributed by atoms with Crippen LogP contribution in [0.2, 0.25) is 0 Å². The van der Waals surface area contributed by atoms with Crippen molar-refractivity contribution in [2.24, 2.45) is 5.92 Å². The molecule has 1 aliphatic rings. The van der Waals surface area contributed by atoms with Gasteiger partial charge in [-0.2, -0.15) is 13.2 Å². The van der Waals surface area contributed by atoms with Gasteiger partial charge in [0.25, 0.3) is 5.91 Å². The molecule has 0 radical (unpaired) electrons. The predicted molar refractivity (Wildman–Crippen MR) is 108 cm³/mol. The number of rotatable bonds is 6. The van der Waals surface area contributed by atoms with Gasteiger partial charge in [0.1, 0.15) is 5.82 Å². The summed E-state index contributed by atoms with van der Waals surface area (Å²) in [6, 6.07) is 7.72. The SMILES string of the molecule is O=C(c1cccc(C(F)(F)F)c1)N(Cl)[C@H]1CC[C@H](CNc2ccc(CO)cn2)CC1. The molecule has 2 aromatic rings. The molecule has 0 unspecified atom stereocenters. The van der Waals surface area contributed by atoms with Gasteiger partial charge in [-0.3, -0.25) is 4.79 Å². The fourth-order valence-corrected chi connectivity index (χ4v) is 3.86. The minimum atomic E-state index is -4.51. The maximum atomic E-state index is 12.9. The molecular formula is C21H23ClF3N3O2. The van der Waals surface area contributed by atoms with Crippen molar-refractivity contribution in [2.75, 3.05) is 11.9 Å². The van der Waals surface area contributed by atoms with Crippen LogP contribution in [-0.2, 0) is 12.8 Å². The van der Waals surface area contributed by atoms with Crippen molar-refractivity contribution in [2.45, 2.75) is 44.5 Å². The van der Waals surface area contributed by atoms with Gasteiger partial charge >= 0.3 is 6.18 Å². The lowest BCUT2D eigenvalue weighted by Gasteiger charge is -2.33. The molecule has 0 aliphatic heterocycles. The first kappa shape index (κ1) is 22.4. The van der Waals surface area contributed by atoms with Gasteiger partial charge in [-0.05, 0) is 61.4 Å². The average Bonchev–Trinajstić information content (AvgIpc) is 2.77. The highest BCUT2D eigenvalue weighted by molar-refractivity contribution is 6.24. The Morgan fingerprint density at radius 2 is 1.93 bits per heavy atom. The standard InChI is InChI=1S/C21H23ClF3N3O2/c22-28(20(30)16-2-1-3-17(10-16)21(23,24)25)18-7-4-14(5-8-18)11-26-19-9-6-15(13-29)12-27-19/h1-3,6,9-10,12,14,18,29H,4-5,7-8,11,13H2,(H,26,27)/t14-,18-. The fourth-order valence-electron chi connectivity index (χ4n) is 3.56. The highest BCUT2D eigenvalue weighted by atomic mass is 35.5. The number of nitrogens with one attached hydrogen (secondary N) is 1. The van der Waals surface area contributed by atoms with Crippen LogP contribution in [-0.4, -0.2) is 33.0 Å². The zero-order valence-electron chi connectivity index (χ0n) is 16.2. The molecule has 1 heterocycles. The number of amides is 1. The molecule has 1 aromatic carbocycles. The molecule has 0 bridgehead atoms. The third kappa shape index (κ3) is 5.64. The first-order valence-corrected chi connectivity index (χ1v) is 10.1. The highest BCUT2D eigenvalue weighted by Crippen LogP contribution is 2.32. The zero-order chi connectivity index (χ0) is 21.7. The Bertz CT molecular complexity index is 853. The van der Waals surface area contributed by atoms with Crippen molar-refractivity contribution in [1.29, 1.82) is 0 Å². The number of carbonyl (C=O) groups is 1. The third-order valence-electron chi connectivity index (χ3n) is 5.35. The summed E-state index contributed by atoms with van der Waals surface area (Å²) in [5.74, 6) is 0.500. The molecule has 1 saturated carbocycles. The Kier molecular flexibility index (Phi) is 7.20. The summed E-state index contributed by atoms with van der Waals surface area (Å²) in [7, 11) is 0. The Hall–Kier alpha value is -2.32. The number of hydrogen-bond acceptors (Lipinski definition) is 4. The second kappa shape index (κ2) is 9.66. The van der Waals surface area contributed by atoms with E-state index in [9.17, 15) is 18.0 Å². The number of benzene rings is 1. The molecule has 30 heavy (non-hydrogen) atoms. The van der Waals surface area contributed by atoms with Gasteiger partial charge in [-0.15, -0.1) is 0 Å². The van der Waals surface area contributed by atoms with Crippen LogP contribution in [0.15, 0.2) is 42.6 Å². The number of anilines is 1. The van der Waals surface area contributed by atoms with Crippen molar-refractivity contribution in [3.63, 3.8) is 0 Å². The first-order chi connectivity index (χ1) is 14.3. The molecule has 0 atom stereocenters. The summed E-state index contributed by atoms with van der Waals surface area (Å²) in [5.41, 5.74) is -0.191. The van der Waals surface area contributed by atoms with E-state index in [2.05, 4.69) is 10.3 Å². The molecule has 0 saturated heterocycles. The highest BCUT2D eigenvalue weighted by Gasteiger charge is 2.33. The number of aromatic nitrogens is 1. The molecule has 2 N–H and O–H groups in total. The number of nitrogens with zero attached hydrogens (tertiary/aromatic N) is 2. The van der Waals surface area contributed by atoms with Gasteiger partial charge in [-0.25, -0.2) is 9.40 Å². The molecule has 0 spiro atoms. The van der Waals surface area contributed by atoms with Gasteiger partial charge in [-0.1, -0.05) is 12.1 Å². The van der Waals surface area contributed by atoms with Crippen LogP contribution in [0.1, 0.15) is 47.2 Å². The quantitative estimate of drug-likeness (QED) is 0.628. The largest absolute Gasteiger partial charge is 0.416 e. The number of alkyl halides is 3. The fraction of sp³-hybridized carbons (Fsp3) is 0.429. The van der Waals surface area contributed by atoms with Crippen molar-refractivity contribution in [3.8, 4) is 0 Å². The van der Waals surface area contributed by atoms with Crippen LogP contribution in [0.3, 0.4) is 0 Å². The zero-order valence-corrected chi connectivity index (χ0v) is 17.0. The lowest BCUT2D eigenvalue weighted by Crippen LogP contribution is -2.37. The van der Waals surface area contributed by atoms with Gasteiger partial charge < -0.3 is 10.4 Å². The second-order valence-electron chi connectivity index (χ2n) is 7.46. The van der Waals surface area contributed by atoms with Gasteiger partial charge in [0.15, 0.2) is 0 Å². The average molecular weight is 442 g/mol. The van der Waals surface area contributed by atoms with Crippen molar-refractivity contribution < 1.29 is 23.1 Å². The van der Waals surface area contributed by atoms with E-state index in [-0.39, 0.29) is 18.2 Å². The number of carbonyl (C=O) groups excluding carboxylic acids is 1. The summed E-state index contributed by atoms with van der Waals surface area (Å²) in [6.45, 7) is 0.674. The number of aliphatic hydroxyl groups is 1. The van der Waals surface area contributed by atoms with Crippen LogP contribution < -0.4 is 5.32 Å². The lowest BCUT2D eigenvalue weighted by molar-refractivity contribution is -0.137. The predicted octanol–water partition coefficient (Wildman–Crippen LogP) is 4.86. The molecule has 9 heteroatoms. The molecule has 5 nitrogen and oxygen atoms in total. The minimum absolute atomic E-state index is 0.0502. The minimum Gasteiger partial charge on any atom is -0.392 e. The van der Waals surface area contributed by atoms with E-state index in [0.29, 0.717) is 18.8 Å². The molecule has 1 amide bonds. The molecule has 1 aliphatic carbocycles. The normalized spacial score (nSPS) is 19.4. The molecule has 3 rings (SSSR count). The summed E-state index contributed by atoms with van der Waals surface area (Å²) >= 11 is 6.22. The van der Waals surface area contributed by atoms with Crippen molar-refractivity contribution >= 4 is 23.5 Å². The van der Waals surface area contributed by atoms with Gasteiger partial charge in [0.2, 0.25) is 0 Å². The molecule has 1 fully saturated rings.